The molecule has 3 heteroatoms. The molecule has 0 amide bonds. The summed E-state index contributed by atoms with van der Waals surface area (Å²) >= 11 is 0. The second kappa shape index (κ2) is 5.29. The number of benzene rings is 2. The summed E-state index contributed by atoms with van der Waals surface area (Å²) in [6.45, 7) is 2.01. The predicted octanol–water partition coefficient (Wildman–Crippen LogP) is 3.99. The molecule has 0 spiro atoms. The second-order valence-corrected chi connectivity index (χ2v) is 4.93. The first kappa shape index (κ1) is 13.2. The number of aryl methyl sites for hydroxylation is 1. The molecule has 1 heterocycles. The zero-order valence-corrected chi connectivity index (χ0v) is 11.6. The number of aromatic amines is 1. The second-order valence-electron chi connectivity index (χ2n) is 4.93. The van der Waals surface area contributed by atoms with Crippen LogP contribution in [-0.4, -0.2) is 16.1 Å². The maximum atomic E-state index is 11.2. The van der Waals surface area contributed by atoms with Crippen LogP contribution in [0.3, 0.4) is 0 Å². The number of hydrogen-bond donors (Lipinski definition) is 2. The minimum absolute atomic E-state index is 0.691. The van der Waals surface area contributed by atoms with Crippen molar-refractivity contribution < 1.29 is 9.90 Å². The number of carbonyl (C=O) groups is 1. The fraction of sp³-hybridized carbons (Fsp3) is 0.0556. The molecular weight excluding hydrogens is 262 g/mol. The number of aromatic nitrogens is 1. The maximum absolute atomic E-state index is 11.2. The Balaban J connectivity index is 2.25. The molecule has 2 aromatic carbocycles. The molecule has 0 aliphatic carbocycles. The molecule has 1 aromatic heterocycles. The molecule has 0 saturated heterocycles. The SMILES string of the molecule is Cc1c(/C(=C\C(=O)O)c2ccccc2)[nH]c2ccccc12. The first-order valence-corrected chi connectivity index (χ1v) is 6.74. The van der Waals surface area contributed by atoms with Gasteiger partial charge in [-0.2, -0.15) is 0 Å². The summed E-state index contributed by atoms with van der Waals surface area (Å²) in [7, 11) is 0. The molecule has 0 aliphatic rings. The molecule has 0 unspecified atom stereocenters. The van der Waals surface area contributed by atoms with Gasteiger partial charge in [0.25, 0.3) is 0 Å². The van der Waals surface area contributed by atoms with Crippen LogP contribution in [0.25, 0.3) is 16.5 Å². The highest BCUT2D eigenvalue weighted by Gasteiger charge is 2.14. The summed E-state index contributed by atoms with van der Waals surface area (Å²) < 4.78 is 0. The van der Waals surface area contributed by atoms with Crippen LogP contribution in [0, 0.1) is 6.92 Å². The lowest BCUT2D eigenvalue weighted by atomic mass is 9.99. The standard InChI is InChI=1S/C18H15NO2/c1-12-14-9-5-6-10-16(14)19-18(12)15(11-17(20)21)13-7-3-2-4-8-13/h2-11,19H,1H3,(H,20,21)/b15-11-. The first-order valence-electron chi connectivity index (χ1n) is 6.74. The average Bonchev–Trinajstić information content (AvgIpc) is 2.83. The molecule has 0 radical (unpaired) electrons. The molecule has 21 heavy (non-hydrogen) atoms. The number of H-pyrrole nitrogens is 1. The average molecular weight is 277 g/mol. The van der Waals surface area contributed by atoms with E-state index in [1.807, 2.05) is 61.5 Å². The fourth-order valence-corrected chi connectivity index (χ4v) is 2.59. The van der Waals surface area contributed by atoms with Gasteiger partial charge in [0.05, 0.1) is 5.69 Å². The van der Waals surface area contributed by atoms with Crippen LogP contribution in [0.2, 0.25) is 0 Å². The topological polar surface area (TPSA) is 53.1 Å². The van der Waals surface area contributed by atoms with E-state index in [0.29, 0.717) is 5.57 Å². The van der Waals surface area contributed by atoms with Crippen molar-refractivity contribution in [2.75, 3.05) is 0 Å². The number of nitrogens with one attached hydrogen (secondary N) is 1. The van der Waals surface area contributed by atoms with Crippen molar-refractivity contribution >= 4 is 22.4 Å². The summed E-state index contributed by atoms with van der Waals surface area (Å²) in [5, 5.41) is 10.3. The lowest BCUT2D eigenvalue weighted by molar-refractivity contribution is -0.131. The molecule has 3 rings (SSSR count). The Labute approximate surface area is 122 Å². The summed E-state index contributed by atoms with van der Waals surface area (Å²) in [4.78, 5) is 14.5. The molecule has 3 nitrogen and oxygen atoms in total. The van der Waals surface area contributed by atoms with Crippen molar-refractivity contribution in [3.8, 4) is 0 Å². The molecule has 104 valence electrons. The van der Waals surface area contributed by atoms with Crippen LogP contribution in [0.5, 0.6) is 0 Å². The number of fused-ring (bicyclic) bond motifs is 1. The van der Waals surface area contributed by atoms with E-state index < -0.39 is 5.97 Å². The Bertz CT molecular complexity index is 829. The van der Waals surface area contributed by atoms with Crippen LogP contribution in [-0.2, 0) is 4.79 Å². The van der Waals surface area contributed by atoms with Gasteiger partial charge >= 0.3 is 5.97 Å². The van der Waals surface area contributed by atoms with E-state index in [4.69, 9.17) is 0 Å². The van der Waals surface area contributed by atoms with Crippen LogP contribution in [0.4, 0.5) is 0 Å². The molecule has 0 bridgehead atoms. The number of aliphatic carboxylic acids is 1. The summed E-state index contributed by atoms with van der Waals surface area (Å²) in [6.07, 6.45) is 1.26. The minimum atomic E-state index is -0.952. The van der Waals surface area contributed by atoms with Crippen molar-refractivity contribution in [2.45, 2.75) is 6.92 Å². The third-order valence-electron chi connectivity index (χ3n) is 3.59. The smallest absolute Gasteiger partial charge is 0.329 e. The lowest BCUT2D eigenvalue weighted by Gasteiger charge is -2.07. The lowest BCUT2D eigenvalue weighted by Crippen LogP contribution is -1.96. The Morgan fingerprint density at radius 1 is 1.05 bits per heavy atom. The van der Waals surface area contributed by atoms with Gasteiger partial charge in [0.2, 0.25) is 0 Å². The third kappa shape index (κ3) is 2.46. The fourth-order valence-electron chi connectivity index (χ4n) is 2.59. The number of hydrogen-bond acceptors (Lipinski definition) is 1. The van der Waals surface area contributed by atoms with Gasteiger partial charge in [0.15, 0.2) is 0 Å². The van der Waals surface area contributed by atoms with Crippen LogP contribution < -0.4 is 0 Å². The zero-order valence-electron chi connectivity index (χ0n) is 11.6. The quantitative estimate of drug-likeness (QED) is 0.711. The summed E-state index contributed by atoms with van der Waals surface area (Å²) in [5.74, 6) is -0.952. The van der Waals surface area contributed by atoms with Gasteiger partial charge in [0, 0.05) is 22.6 Å². The Kier molecular flexibility index (Phi) is 3.32. The highest BCUT2D eigenvalue weighted by atomic mass is 16.4. The van der Waals surface area contributed by atoms with E-state index in [2.05, 4.69) is 4.98 Å². The molecular formula is C18H15NO2. The molecule has 0 fully saturated rings. The van der Waals surface area contributed by atoms with E-state index in [9.17, 15) is 9.90 Å². The third-order valence-corrected chi connectivity index (χ3v) is 3.59. The Morgan fingerprint density at radius 3 is 2.38 bits per heavy atom. The minimum Gasteiger partial charge on any atom is -0.478 e. The van der Waals surface area contributed by atoms with E-state index in [1.54, 1.807) is 0 Å². The van der Waals surface area contributed by atoms with Gasteiger partial charge in [-0.3, -0.25) is 0 Å². The van der Waals surface area contributed by atoms with Crippen molar-refractivity contribution in [1.29, 1.82) is 0 Å². The largest absolute Gasteiger partial charge is 0.478 e. The van der Waals surface area contributed by atoms with E-state index in [1.165, 1.54) is 6.08 Å². The van der Waals surface area contributed by atoms with Crippen LogP contribution >= 0.6 is 0 Å². The van der Waals surface area contributed by atoms with Gasteiger partial charge in [-0.05, 0) is 24.1 Å². The monoisotopic (exact) mass is 277 g/mol. The van der Waals surface area contributed by atoms with E-state index in [0.717, 1.165) is 27.7 Å². The highest BCUT2D eigenvalue weighted by Crippen LogP contribution is 2.30. The highest BCUT2D eigenvalue weighted by molar-refractivity contribution is 5.98. The van der Waals surface area contributed by atoms with Gasteiger partial charge in [-0.15, -0.1) is 0 Å². The number of carboxylic acids is 1. The zero-order chi connectivity index (χ0) is 14.8. The molecule has 0 atom stereocenters. The number of rotatable bonds is 3. The van der Waals surface area contributed by atoms with Gasteiger partial charge in [0.1, 0.15) is 0 Å². The predicted molar refractivity (Wildman–Crippen MR) is 84.2 cm³/mol. The van der Waals surface area contributed by atoms with E-state index >= 15 is 0 Å². The van der Waals surface area contributed by atoms with Crippen LogP contribution in [0.15, 0.2) is 60.7 Å². The maximum Gasteiger partial charge on any atom is 0.329 e. The normalized spacial score (nSPS) is 11.8. The van der Waals surface area contributed by atoms with Gasteiger partial charge < -0.3 is 10.1 Å². The first-order chi connectivity index (χ1) is 10.2. The van der Waals surface area contributed by atoms with Crippen molar-refractivity contribution in [3.05, 3.63) is 77.5 Å². The summed E-state index contributed by atoms with van der Waals surface area (Å²) in [5.41, 5.74) is 4.50. The Hall–Kier alpha value is -2.81. The number of carboxylic acid groups (broad SMARTS) is 1. The van der Waals surface area contributed by atoms with Crippen LogP contribution in [0.1, 0.15) is 16.8 Å². The van der Waals surface area contributed by atoms with Gasteiger partial charge in [-0.25, -0.2) is 4.79 Å². The Morgan fingerprint density at radius 2 is 1.71 bits per heavy atom. The summed E-state index contributed by atoms with van der Waals surface area (Å²) in [6, 6.07) is 17.5. The van der Waals surface area contributed by atoms with E-state index in [-0.39, 0.29) is 0 Å². The van der Waals surface area contributed by atoms with Crippen molar-refractivity contribution in [1.82, 2.24) is 4.98 Å². The molecule has 3 aromatic rings. The molecule has 0 saturated carbocycles. The number of para-hydroxylation sites is 1. The van der Waals surface area contributed by atoms with Crippen molar-refractivity contribution in [3.63, 3.8) is 0 Å². The van der Waals surface area contributed by atoms with Crippen molar-refractivity contribution in [2.24, 2.45) is 0 Å². The molecule has 2 N–H and O–H groups in total. The van der Waals surface area contributed by atoms with Gasteiger partial charge in [-0.1, -0.05) is 48.5 Å². The molecule has 0 aliphatic heterocycles.